The highest BCUT2D eigenvalue weighted by atomic mass is 16.5. The molecule has 1 fully saturated rings. The van der Waals surface area contributed by atoms with Gasteiger partial charge in [0.2, 0.25) is 5.91 Å². The Labute approximate surface area is 142 Å². The number of carbonyl (C=O) groups is 1. The first-order valence-electron chi connectivity index (χ1n) is 8.89. The summed E-state index contributed by atoms with van der Waals surface area (Å²) in [5.74, 6) is 1.26. The van der Waals surface area contributed by atoms with Crippen molar-refractivity contribution in [3.8, 4) is 0 Å². The zero-order chi connectivity index (χ0) is 17.8. The largest absolute Gasteiger partial charge is 0.353 e. The molecule has 2 N–H and O–H groups in total. The molecule has 0 radical (unpaired) electrons. The van der Waals surface area contributed by atoms with Crippen LogP contribution >= 0.6 is 0 Å². The molecule has 0 aromatic heterocycles. The summed E-state index contributed by atoms with van der Waals surface area (Å²) >= 11 is 0. The summed E-state index contributed by atoms with van der Waals surface area (Å²) in [6.45, 7) is 14.7. The SMILES string of the molecule is CC(C)C[C@H](C)/C=C/CC(=O)NC1CC(C)(C)N(O)C(C)(C)C1. The first-order valence-corrected chi connectivity index (χ1v) is 8.89. The smallest absolute Gasteiger partial charge is 0.224 e. The second-order valence-electron chi connectivity index (χ2n) is 8.85. The first kappa shape index (κ1) is 20.2. The van der Waals surface area contributed by atoms with Gasteiger partial charge in [-0.25, -0.2) is 0 Å². The number of piperidine rings is 1. The molecule has 4 heteroatoms. The summed E-state index contributed by atoms with van der Waals surface area (Å²) in [4.78, 5) is 12.2. The van der Waals surface area contributed by atoms with Crippen LogP contribution < -0.4 is 5.32 Å². The molecule has 1 atom stereocenters. The number of hydrogen-bond donors (Lipinski definition) is 2. The van der Waals surface area contributed by atoms with Gasteiger partial charge in [-0.05, 0) is 58.8 Å². The van der Waals surface area contributed by atoms with Crippen LogP contribution in [0.5, 0.6) is 0 Å². The molecule has 134 valence electrons. The molecular weight excluding hydrogens is 288 g/mol. The van der Waals surface area contributed by atoms with E-state index in [0.29, 0.717) is 18.3 Å². The Morgan fingerprint density at radius 2 is 1.74 bits per heavy atom. The van der Waals surface area contributed by atoms with Gasteiger partial charge in [0.15, 0.2) is 0 Å². The maximum atomic E-state index is 12.2. The van der Waals surface area contributed by atoms with Gasteiger partial charge in [-0.1, -0.05) is 32.9 Å². The van der Waals surface area contributed by atoms with Gasteiger partial charge in [0.25, 0.3) is 0 Å². The molecule has 0 aromatic rings. The van der Waals surface area contributed by atoms with Crippen molar-refractivity contribution in [2.45, 2.75) is 91.3 Å². The molecule has 4 nitrogen and oxygen atoms in total. The van der Waals surface area contributed by atoms with Crippen molar-refractivity contribution in [2.75, 3.05) is 0 Å². The Balaban J connectivity index is 2.50. The van der Waals surface area contributed by atoms with E-state index >= 15 is 0 Å². The zero-order valence-corrected chi connectivity index (χ0v) is 16.0. The summed E-state index contributed by atoms with van der Waals surface area (Å²) < 4.78 is 0. The number of allylic oxidation sites excluding steroid dienone is 1. The van der Waals surface area contributed by atoms with Crippen LogP contribution in [0, 0.1) is 11.8 Å². The molecule has 23 heavy (non-hydrogen) atoms. The highest BCUT2D eigenvalue weighted by Crippen LogP contribution is 2.36. The lowest BCUT2D eigenvalue weighted by Crippen LogP contribution is -2.62. The maximum absolute atomic E-state index is 12.2. The van der Waals surface area contributed by atoms with Crippen LogP contribution in [0.15, 0.2) is 12.2 Å². The van der Waals surface area contributed by atoms with E-state index in [1.807, 2.05) is 33.8 Å². The minimum atomic E-state index is -0.332. The molecule has 1 aliphatic heterocycles. The van der Waals surface area contributed by atoms with Gasteiger partial charge < -0.3 is 10.5 Å². The van der Waals surface area contributed by atoms with E-state index in [1.54, 1.807) is 0 Å². The van der Waals surface area contributed by atoms with E-state index in [0.717, 1.165) is 19.3 Å². The average Bonchev–Trinajstić information content (AvgIpc) is 2.34. The molecule has 1 rings (SSSR count). The van der Waals surface area contributed by atoms with Gasteiger partial charge in [0.05, 0.1) is 0 Å². The van der Waals surface area contributed by atoms with Crippen LogP contribution in [0.1, 0.15) is 74.1 Å². The predicted octanol–water partition coefficient (Wildman–Crippen LogP) is 4.14. The molecule has 1 heterocycles. The fraction of sp³-hybridized carbons (Fsp3) is 0.842. The second-order valence-corrected chi connectivity index (χ2v) is 8.85. The van der Waals surface area contributed by atoms with Gasteiger partial charge in [0, 0.05) is 23.5 Å². The summed E-state index contributed by atoms with van der Waals surface area (Å²) in [5.41, 5.74) is -0.664. The molecule has 0 bridgehead atoms. The lowest BCUT2D eigenvalue weighted by atomic mass is 9.79. The molecule has 0 saturated carbocycles. The minimum absolute atomic E-state index is 0.0704. The van der Waals surface area contributed by atoms with Gasteiger partial charge in [-0.15, -0.1) is 0 Å². The van der Waals surface area contributed by atoms with Gasteiger partial charge in [-0.2, -0.15) is 5.06 Å². The highest BCUT2D eigenvalue weighted by molar-refractivity contribution is 5.77. The lowest BCUT2D eigenvalue weighted by molar-refractivity contribution is -0.246. The quantitative estimate of drug-likeness (QED) is 0.722. The normalized spacial score (nSPS) is 23.3. The number of nitrogens with one attached hydrogen (secondary N) is 1. The molecular formula is C19H36N2O2. The van der Waals surface area contributed by atoms with E-state index in [4.69, 9.17) is 0 Å². The summed E-state index contributed by atoms with van der Waals surface area (Å²) in [5, 5.41) is 14.9. The van der Waals surface area contributed by atoms with E-state index < -0.39 is 0 Å². The van der Waals surface area contributed by atoms with E-state index in [9.17, 15) is 10.0 Å². The topological polar surface area (TPSA) is 52.6 Å². The first-order chi connectivity index (χ1) is 10.4. The van der Waals surface area contributed by atoms with Crippen LogP contribution in [0.4, 0.5) is 0 Å². The number of hydroxylamine groups is 2. The van der Waals surface area contributed by atoms with Crippen molar-refractivity contribution in [1.29, 1.82) is 0 Å². The lowest BCUT2D eigenvalue weighted by Gasteiger charge is -2.51. The molecule has 0 spiro atoms. The maximum Gasteiger partial charge on any atom is 0.224 e. The summed E-state index contributed by atoms with van der Waals surface area (Å²) in [6.07, 6.45) is 7.22. The van der Waals surface area contributed by atoms with E-state index in [2.05, 4.69) is 32.2 Å². The van der Waals surface area contributed by atoms with Gasteiger partial charge in [-0.3, -0.25) is 4.79 Å². The van der Waals surface area contributed by atoms with Crippen molar-refractivity contribution >= 4 is 5.91 Å². The van der Waals surface area contributed by atoms with Crippen molar-refractivity contribution in [1.82, 2.24) is 10.4 Å². The van der Waals surface area contributed by atoms with Crippen molar-refractivity contribution < 1.29 is 10.0 Å². The third kappa shape index (κ3) is 6.27. The Hall–Kier alpha value is -0.870. The molecule has 0 unspecified atom stereocenters. The Morgan fingerprint density at radius 3 is 2.22 bits per heavy atom. The molecule has 0 aromatic carbocycles. The summed E-state index contributed by atoms with van der Waals surface area (Å²) in [7, 11) is 0. The van der Waals surface area contributed by atoms with Crippen LogP contribution in [0.25, 0.3) is 0 Å². The highest BCUT2D eigenvalue weighted by Gasteiger charge is 2.45. The Kier molecular flexibility index (Phi) is 6.84. The fourth-order valence-electron chi connectivity index (χ4n) is 3.89. The molecule has 1 amide bonds. The Bertz CT molecular complexity index is 409. The standard InChI is InChI=1S/C19H36N2O2/c1-14(2)11-15(3)9-8-10-17(22)20-16-12-18(4,5)21(23)19(6,7)13-16/h8-9,14-16,23H,10-13H2,1-7H3,(H,20,22)/b9-8+/t15-/m1/s1. The van der Waals surface area contributed by atoms with Crippen LogP contribution in [-0.4, -0.2) is 33.3 Å². The number of amides is 1. The van der Waals surface area contributed by atoms with Crippen molar-refractivity contribution in [3.05, 3.63) is 12.2 Å². The minimum Gasteiger partial charge on any atom is -0.353 e. The van der Waals surface area contributed by atoms with E-state index in [1.165, 1.54) is 5.06 Å². The number of hydrogen-bond acceptors (Lipinski definition) is 3. The van der Waals surface area contributed by atoms with Crippen molar-refractivity contribution in [3.63, 3.8) is 0 Å². The number of rotatable bonds is 6. The predicted molar refractivity (Wildman–Crippen MR) is 95.3 cm³/mol. The fourth-order valence-corrected chi connectivity index (χ4v) is 3.89. The van der Waals surface area contributed by atoms with Gasteiger partial charge >= 0.3 is 0 Å². The third-order valence-electron chi connectivity index (χ3n) is 4.61. The van der Waals surface area contributed by atoms with Crippen LogP contribution in [0.3, 0.4) is 0 Å². The number of nitrogens with zero attached hydrogens (tertiary/aromatic N) is 1. The second kappa shape index (κ2) is 7.80. The third-order valence-corrected chi connectivity index (χ3v) is 4.61. The van der Waals surface area contributed by atoms with Crippen molar-refractivity contribution in [2.24, 2.45) is 11.8 Å². The molecule has 0 aliphatic carbocycles. The van der Waals surface area contributed by atoms with Gasteiger partial charge in [0.1, 0.15) is 0 Å². The molecule has 1 aliphatic rings. The zero-order valence-electron chi connectivity index (χ0n) is 16.0. The molecule has 1 saturated heterocycles. The van der Waals surface area contributed by atoms with Crippen LogP contribution in [-0.2, 0) is 4.79 Å². The number of carbonyl (C=O) groups excluding carboxylic acids is 1. The summed E-state index contributed by atoms with van der Waals surface area (Å²) in [6, 6.07) is 0.109. The monoisotopic (exact) mass is 324 g/mol. The van der Waals surface area contributed by atoms with E-state index in [-0.39, 0.29) is 23.0 Å². The van der Waals surface area contributed by atoms with Crippen LogP contribution in [0.2, 0.25) is 0 Å². The Morgan fingerprint density at radius 1 is 1.22 bits per heavy atom. The average molecular weight is 325 g/mol.